The van der Waals surface area contributed by atoms with E-state index >= 15 is 0 Å². The second kappa shape index (κ2) is 10.2. The molecule has 0 atom stereocenters. The third-order valence-corrected chi connectivity index (χ3v) is 4.89. The normalized spacial score (nSPS) is 11.3. The summed E-state index contributed by atoms with van der Waals surface area (Å²) < 4.78 is 45.6. The van der Waals surface area contributed by atoms with Crippen molar-refractivity contribution in [2.75, 3.05) is 10.6 Å². The molecular weight excluding hydrogens is 465 g/mol. The van der Waals surface area contributed by atoms with Gasteiger partial charge < -0.3 is 15.1 Å². The van der Waals surface area contributed by atoms with Crippen molar-refractivity contribution in [3.8, 4) is 11.4 Å². The molecule has 4 aromatic rings. The highest BCUT2D eigenvalue weighted by atomic mass is 19.4. The van der Waals surface area contributed by atoms with E-state index in [4.69, 9.17) is 4.42 Å². The number of tetrazole rings is 1. The molecule has 2 aromatic heterocycles. The first-order valence-corrected chi connectivity index (χ1v) is 10.5. The monoisotopic (exact) mass is 484 g/mol. The Hall–Kier alpha value is -4.48. The van der Waals surface area contributed by atoms with Gasteiger partial charge in [-0.15, -0.1) is 10.2 Å². The standard InChI is InChI=1S/C23H19F3N6O3/c24-23(25,26)18-13-17(27-22(34)16-10-12-35-14-16)8-9-19(18)28-20(33)7-4-11-32-30-21(29-31-32)15-5-2-1-3-6-15/h1-3,5-6,8-10,12-14H,4,7,11H2,(H,27,34)(H,28,33). The van der Waals surface area contributed by atoms with Crippen LogP contribution >= 0.6 is 0 Å². The number of nitrogens with one attached hydrogen (secondary N) is 2. The van der Waals surface area contributed by atoms with Crippen LogP contribution in [0.5, 0.6) is 0 Å². The predicted molar refractivity (Wildman–Crippen MR) is 119 cm³/mol. The second-order valence-corrected chi connectivity index (χ2v) is 7.45. The number of carbonyl (C=O) groups is 2. The largest absolute Gasteiger partial charge is 0.472 e. The summed E-state index contributed by atoms with van der Waals surface area (Å²) in [6.45, 7) is 0.262. The summed E-state index contributed by atoms with van der Waals surface area (Å²) in [7, 11) is 0. The fourth-order valence-electron chi connectivity index (χ4n) is 3.20. The first-order chi connectivity index (χ1) is 16.8. The molecule has 0 aliphatic rings. The van der Waals surface area contributed by atoms with Crippen LogP contribution in [0.2, 0.25) is 0 Å². The number of anilines is 2. The molecule has 2 heterocycles. The number of rotatable bonds is 8. The summed E-state index contributed by atoms with van der Waals surface area (Å²) in [5, 5.41) is 16.8. The number of hydrogen-bond donors (Lipinski definition) is 2. The highest BCUT2D eigenvalue weighted by Gasteiger charge is 2.34. The van der Waals surface area contributed by atoms with Crippen molar-refractivity contribution in [3.05, 3.63) is 78.3 Å². The van der Waals surface area contributed by atoms with E-state index in [1.165, 1.54) is 29.5 Å². The molecule has 35 heavy (non-hydrogen) atoms. The Balaban J connectivity index is 1.36. The van der Waals surface area contributed by atoms with Gasteiger partial charge in [0.2, 0.25) is 11.7 Å². The minimum atomic E-state index is -4.75. The molecule has 9 nitrogen and oxygen atoms in total. The molecular formula is C23H19F3N6O3. The van der Waals surface area contributed by atoms with Gasteiger partial charge in [-0.2, -0.15) is 18.0 Å². The van der Waals surface area contributed by atoms with Crippen molar-refractivity contribution in [2.24, 2.45) is 0 Å². The molecule has 0 fully saturated rings. The van der Waals surface area contributed by atoms with E-state index in [1.807, 2.05) is 30.3 Å². The van der Waals surface area contributed by atoms with Crippen LogP contribution in [0.4, 0.5) is 24.5 Å². The summed E-state index contributed by atoms with van der Waals surface area (Å²) >= 11 is 0. The van der Waals surface area contributed by atoms with Gasteiger partial charge >= 0.3 is 6.18 Å². The quantitative estimate of drug-likeness (QED) is 0.377. The van der Waals surface area contributed by atoms with Crippen LogP contribution in [0.15, 0.2) is 71.5 Å². The van der Waals surface area contributed by atoms with Gasteiger partial charge in [-0.1, -0.05) is 30.3 Å². The zero-order chi connectivity index (χ0) is 24.8. The minimum Gasteiger partial charge on any atom is -0.472 e. The lowest BCUT2D eigenvalue weighted by atomic mass is 10.1. The lowest BCUT2D eigenvalue weighted by molar-refractivity contribution is -0.136. The van der Waals surface area contributed by atoms with Crippen LogP contribution in [0, 0.1) is 0 Å². The van der Waals surface area contributed by atoms with E-state index in [2.05, 4.69) is 26.0 Å². The van der Waals surface area contributed by atoms with E-state index in [9.17, 15) is 22.8 Å². The third-order valence-electron chi connectivity index (χ3n) is 4.89. The summed E-state index contributed by atoms with van der Waals surface area (Å²) in [5.41, 5.74) is -0.613. The highest BCUT2D eigenvalue weighted by Crippen LogP contribution is 2.36. The fourth-order valence-corrected chi connectivity index (χ4v) is 3.20. The first-order valence-electron chi connectivity index (χ1n) is 10.5. The van der Waals surface area contributed by atoms with Crippen molar-refractivity contribution in [1.29, 1.82) is 0 Å². The number of benzene rings is 2. The van der Waals surface area contributed by atoms with Crippen LogP contribution in [0.1, 0.15) is 28.8 Å². The molecule has 2 amide bonds. The third kappa shape index (κ3) is 6.10. The van der Waals surface area contributed by atoms with Crippen molar-refractivity contribution >= 4 is 23.2 Å². The molecule has 0 saturated heterocycles. The van der Waals surface area contributed by atoms with Crippen molar-refractivity contribution in [2.45, 2.75) is 25.6 Å². The summed E-state index contributed by atoms with van der Waals surface area (Å²) in [4.78, 5) is 25.7. The Bertz CT molecular complexity index is 1300. The fraction of sp³-hybridized carbons (Fsp3) is 0.174. The number of furan rings is 1. The zero-order valence-corrected chi connectivity index (χ0v) is 18.1. The minimum absolute atomic E-state index is 0.0571. The topological polar surface area (TPSA) is 115 Å². The Morgan fingerprint density at radius 3 is 2.54 bits per heavy atom. The molecule has 2 N–H and O–H groups in total. The van der Waals surface area contributed by atoms with E-state index in [0.29, 0.717) is 5.82 Å². The highest BCUT2D eigenvalue weighted by molar-refractivity contribution is 6.04. The number of aryl methyl sites for hydroxylation is 1. The molecule has 0 aliphatic carbocycles. The summed E-state index contributed by atoms with van der Waals surface area (Å²) in [5.74, 6) is -0.792. The molecule has 0 radical (unpaired) electrons. The van der Waals surface area contributed by atoms with E-state index in [1.54, 1.807) is 0 Å². The number of amides is 2. The average molecular weight is 484 g/mol. The van der Waals surface area contributed by atoms with E-state index < -0.39 is 29.2 Å². The van der Waals surface area contributed by atoms with Crippen LogP contribution in [-0.2, 0) is 17.5 Å². The maximum absolute atomic E-state index is 13.6. The average Bonchev–Trinajstić information content (AvgIpc) is 3.53. The first kappa shape index (κ1) is 23.7. The number of halogens is 3. The van der Waals surface area contributed by atoms with E-state index in [-0.39, 0.29) is 30.6 Å². The molecule has 0 unspecified atom stereocenters. The van der Waals surface area contributed by atoms with Gasteiger partial charge in [0.25, 0.3) is 5.91 Å². The molecule has 4 rings (SSSR count). The van der Waals surface area contributed by atoms with Gasteiger partial charge in [-0.25, -0.2) is 0 Å². The number of alkyl halides is 3. The molecule has 0 bridgehead atoms. The Morgan fingerprint density at radius 1 is 1.03 bits per heavy atom. The zero-order valence-electron chi connectivity index (χ0n) is 18.1. The van der Waals surface area contributed by atoms with Gasteiger partial charge in [0.15, 0.2) is 0 Å². The number of aromatic nitrogens is 4. The smallest absolute Gasteiger partial charge is 0.418 e. The van der Waals surface area contributed by atoms with Crippen molar-refractivity contribution in [1.82, 2.24) is 20.2 Å². The van der Waals surface area contributed by atoms with Crippen molar-refractivity contribution in [3.63, 3.8) is 0 Å². The molecule has 0 saturated carbocycles. The summed E-state index contributed by atoms with van der Waals surface area (Å²) in [6, 6.07) is 13.7. The Kier molecular flexibility index (Phi) is 6.90. The lowest BCUT2D eigenvalue weighted by Crippen LogP contribution is -2.18. The Morgan fingerprint density at radius 2 is 1.83 bits per heavy atom. The molecule has 12 heteroatoms. The van der Waals surface area contributed by atoms with Gasteiger partial charge in [0.05, 0.1) is 29.6 Å². The number of nitrogens with zero attached hydrogens (tertiary/aromatic N) is 4. The maximum atomic E-state index is 13.6. The van der Waals surface area contributed by atoms with Crippen LogP contribution in [0.25, 0.3) is 11.4 Å². The number of carbonyl (C=O) groups excluding carboxylic acids is 2. The Labute approximate surface area is 196 Å². The molecule has 2 aromatic carbocycles. The lowest BCUT2D eigenvalue weighted by Gasteiger charge is -2.15. The van der Waals surface area contributed by atoms with Gasteiger partial charge in [-0.3, -0.25) is 9.59 Å². The van der Waals surface area contributed by atoms with Crippen molar-refractivity contribution < 1.29 is 27.2 Å². The predicted octanol–water partition coefficient (Wildman–Crippen LogP) is 4.62. The molecule has 0 aliphatic heterocycles. The van der Waals surface area contributed by atoms with Gasteiger partial charge in [0.1, 0.15) is 6.26 Å². The summed E-state index contributed by atoms with van der Waals surface area (Å²) in [6.07, 6.45) is -2.08. The van der Waals surface area contributed by atoms with Crippen LogP contribution in [-0.4, -0.2) is 32.0 Å². The SMILES string of the molecule is O=C(CCCn1nnc(-c2ccccc2)n1)Nc1ccc(NC(=O)c2ccoc2)cc1C(F)(F)F. The van der Waals surface area contributed by atoms with Crippen LogP contribution in [0.3, 0.4) is 0 Å². The molecule has 180 valence electrons. The maximum Gasteiger partial charge on any atom is 0.418 e. The van der Waals surface area contributed by atoms with Crippen LogP contribution < -0.4 is 10.6 Å². The number of hydrogen-bond acceptors (Lipinski definition) is 6. The second-order valence-electron chi connectivity index (χ2n) is 7.45. The van der Waals surface area contributed by atoms with E-state index in [0.717, 1.165) is 17.7 Å². The molecule has 0 spiro atoms. The van der Waals surface area contributed by atoms with Gasteiger partial charge in [0, 0.05) is 17.7 Å². The van der Waals surface area contributed by atoms with Gasteiger partial charge in [-0.05, 0) is 35.9 Å².